The second-order valence-electron chi connectivity index (χ2n) is 6.35. The highest BCUT2D eigenvalue weighted by Gasteiger charge is 2.18. The van der Waals surface area contributed by atoms with Crippen molar-refractivity contribution in [1.82, 2.24) is 0 Å². The molecule has 0 spiro atoms. The number of hydrogen-bond acceptors (Lipinski definition) is 2. The highest BCUT2D eigenvalue weighted by atomic mass is 31.1. The van der Waals surface area contributed by atoms with E-state index >= 15 is 0 Å². The molecule has 3 heteroatoms. The van der Waals surface area contributed by atoms with Crippen LogP contribution in [-0.4, -0.2) is 16.9 Å². The molecule has 126 valence electrons. The highest BCUT2D eigenvalue weighted by Crippen LogP contribution is 2.22. The van der Waals surface area contributed by atoms with E-state index in [4.69, 9.17) is 0 Å². The fraction of sp³-hybridized carbons (Fsp3) is 1.00. The molecule has 21 heavy (non-hydrogen) atoms. The summed E-state index contributed by atoms with van der Waals surface area (Å²) < 4.78 is 11.1. The molecule has 0 saturated carbocycles. The Labute approximate surface area is 134 Å². The summed E-state index contributed by atoms with van der Waals surface area (Å²) in [6.45, 7) is 4.39. The second-order valence-corrected chi connectivity index (χ2v) is 7.23. The number of hydrogen-bond donors (Lipinski definition) is 1. The Bertz CT molecular complexity index is 221. The van der Waals surface area contributed by atoms with Gasteiger partial charge >= 0.3 is 0 Å². The molecule has 0 aliphatic heterocycles. The largest absolute Gasteiger partial charge is 0.392 e. The zero-order chi connectivity index (χ0) is 15.8. The van der Waals surface area contributed by atoms with E-state index in [0.29, 0.717) is 0 Å². The Hall–Kier alpha value is 0.0600. The molecule has 0 aliphatic carbocycles. The van der Waals surface area contributed by atoms with Gasteiger partial charge in [-0.2, -0.15) is 0 Å². The molecule has 1 N–H and O–H groups in total. The number of rotatable bonds is 16. The van der Waals surface area contributed by atoms with Crippen molar-refractivity contribution in [3.05, 3.63) is 0 Å². The number of unbranched alkanes of at least 4 members (excludes halogenated alkanes) is 10. The fourth-order valence-electron chi connectivity index (χ4n) is 2.76. The molecule has 2 unspecified atom stereocenters. The summed E-state index contributed by atoms with van der Waals surface area (Å²) in [6, 6.07) is 0. The molecule has 0 amide bonds. The van der Waals surface area contributed by atoms with Gasteiger partial charge in [-0.3, -0.25) is 4.57 Å². The molecule has 0 aromatic rings. The van der Waals surface area contributed by atoms with Crippen LogP contribution in [0.2, 0.25) is 0 Å². The van der Waals surface area contributed by atoms with Crippen LogP contribution in [0.15, 0.2) is 0 Å². The van der Waals surface area contributed by atoms with Gasteiger partial charge in [0, 0.05) is 0 Å². The van der Waals surface area contributed by atoms with Crippen LogP contribution in [-0.2, 0) is 4.57 Å². The predicted octanol–water partition coefficient (Wildman–Crippen LogP) is 6.51. The molecule has 0 fully saturated rings. The first-order valence-electron chi connectivity index (χ1n) is 9.26. The van der Waals surface area contributed by atoms with Gasteiger partial charge in [0.05, 0.1) is 11.8 Å². The zero-order valence-corrected chi connectivity index (χ0v) is 15.3. The van der Waals surface area contributed by atoms with Gasteiger partial charge in [-0.15, -0.1) is 0 Å². The molecular formula is C18H37O2P. The summed E-state index contributed by atoms with van der Waals surface area (Å²) in [5.74, 6) is 0. The van der Waals surface area contributed by atoms with Gasteiger partial charge in [-0.05, 0) is 12.8 Å². The third-order valence-electron chi connectivity index (χ3n) is 4.29. The maximum Gasteiger partial charge on any atom is 0.161 e. The Morgan fingerprint density at radius 1 is 0.714 bits per heavy atom. The first-order chi connectivity index (χ1) is 10.3. The monoisotopic (exact) mass is 316 g/mol. The molecule has 0 heterocycles. The first-order valence-corrected chi connectivity index (χ1v) is 10.1. The molecule has 2 nitrogen and oxygen atoms in total. The minimum atomic E-state index is -0.371. The van der Waals surface area contributed by atoms with Gasteiger partial charge in [0.15, 0.2) is 8.46 Å². The predicted molar refractivity (Wildman–Crippen MR) is 93.4 cm³/mol. The van der Waals surface area contributed by atoms with Crippen molar-refractivity contribution in [3.8, 4) is 0 Å². The molecule has 0 rings (SSSR count). The summed E-state index contributed by atoms with van der Waals surface area (Å²) in [5, 5.41) is 10.1. The van der Waals surface area contributed by atoms with Crippen LogP contribution in [0, 0.1) is 0 Å². The minimum Gasteiger partial charge on any atom is -0.392 e. The van der Waals surface area contributed by atoms with E-state index in [0.717, 1.165) is 32.1 Å². The standard InChI is InChI=1S/C18H37O2P/c1-3-5-7-8-9-10-11-12-13-14-15-17(19)18(21-20)16-6-4-2/h17-19H,3-16H2,1-2H3. The average Bonchev–Trinajstić information content (AvgIpc) is 2.50. The van der Waals surface area contributed by atoms with Crippen molar-refractivity contribution >= 4 is 8.46 Å². The quantitative estimate of drug-likeness (QED) is 0.260. The first kappa shape index (κ1) is 21.1. The van der Waals surface area contributed by atoms with E-state index in [-0.39, 0.29) is 20.2 Å². The number of aliphatic hydroxyl groups excluding tert-OH is 1. The Morgan fingerprint density at radius 3 is 1.67 bits per heavy atom. The molecular weight excluding hydrogens is 279 g/mol. The van der Waals surface area contributed by atoms with Gasteiger partial charge in [-0.1, -0.05) is 90.9 Å². The van der Waals surface area contributed by atoms with Crippen LogP contribution >= 0.6 is 8.46 Å². The van der Waals surface area contributed by atoms with Crippen LogP contribution in [0.3, 0.4) is 0 Å². The Balaban J connectivity index is 3.38. The van der Waals surface area contributed by atoms with Crippen LogP contribution in [0.5, 0.6) is 0 Å². The van der Waals surface area contributed by atoms with E-state index in [2.05, 4.69) is 13.8 Å². The van der Waals surface area contributed by atoms with Crippen molar-refractivity contribution in [1.29, 1.82) is 0 Å². The molecule has 0 aromatic heterocycles. The van der Waals surface area contributed by atoms with E-state index < -0.39 is 0 Å². The lowest BCUT2D eigenvalue weighted by molar-refractivity contribution is 0.151. The maximum absolute atomic E-state index is 11.1. The molecule has 0 aromatic carbocycles. The van der Waals surface area contributed by atoms with Gasteiger partial charge in [0.1, 0.15) is 0 Å². The third kappa shape index (κ3) is 13.4. The Kier molecular flexibility index (Phi) is 16.5. The van der Waals surface area contributed by atoms with Crippen molar-refractivity contribution < 1.29 is 9.67 Å². The molecule has 0 bridgehead atoms. The van der Waals surface area contributed by atoms with E-state index in [1.165, 1.54) is 57.8 Å². The van der Waals surface area contributed by atoms with E-state index in [9.17, 15) is 9.67 Å². The smallest absolute Gasteiger partial charge is 0.161 e. The van der Waals surface area contributed by atoms with Crippen LogP contribution in [0.25, 0.3) is 0 Å². The lowest BCUT2D eigenvalue weighted by Gasteiger charge is -2.16. The third-order valence-corrected chi connectivity index (χ3v) is 5.16. The van der Waals surface area contributed by atoms with Gasteiger partial charge < -0.3 is 5.11 Å². The van der Waals surface area contributed by atoms with Gasteiger partial charge in [-0.25, -0.2) is 0 Å². The van der Waals surface area contributed by atoms with Crippen LogP contribution < -0.4 is 0 Å². The van der Waals surface area contributed by atoms with E-state index in [1.54, 1.807) is 0 Å². The van der Waals surface area contributed by atoms with Crippen molar-refractivity contribution in [2.75, 3.05) is 0 Å². The second kappa shape index (κ2) is 16.4. The summed E-state index contributed by atoms with van der Waals surface area (Å²) in [4.78, 5) is 0. The average molecular weight is 316 g/mol. The van der Waals surface area contributed by atoms with Crippen molar-refractivity contribution in [3.63, 3.8) is 0 Å². The zero-order valence-electron chi connectivity index (χ0n) is 14.4. The van der Waals surface area contributed by atoms with Crippen molar-refractivity contribution in [2.45, 2.75) is 116 Å². The van der Waals surface area contributed by atoms with Crippen LogP contribution in [0.4, 0.5) is 0 Å². The molecule has 0 saturated heterocycles. The summed E-state index contributed by atoms with van der Waals surface area (Å²) >= 11 is 0. The molecule has 2 atom stereocenters. The summed E-state index contributed by atoms with van der Waals surface area (Å²) in [7, 11) is 0.125. The highest BCUT2D eigenvalue weighted by molar-refractivity contribution is 7.24. The van der Waals surface area contributed by atoms with Gasteiger partial charge in [0.25, 0.3) is 0 Å². The maximum atomic E-state index is 11.1. The SMILES string of the molecule is CCCCCCCCCCCCC(O)C(CCCC)P=O. The lowest BCUT2D eigenvalue weighted by Crippen LogP contribution is -2.20. The lowest BCUT2D eigenvalue weighted by atomic mass is 10.0. The summed E-state index contributed by atoms with van der Waals surface area (Å²) in [5.41, 5.74) is -0.0384. The molecule has 0 aliphatic rings. The minimum absolute atomic E-state index is 0.0384. The number of aliphatic hydroxyl groups is 1. The normalized spacial score (nSPS) is 14.4. The van der Waals surface area contributed by atoms with Crippen LogP contribution in [0.1, 0.15) is 104 Å². The van der Waals surface area contributed by atoms with Crippen molar-refractivity contribution in [2.24, 2.45) is 0 Å². The van der Waals surface area contributed by atoms with E-state index in [1.807, 2.05) is 0 Å². The Morgan fingerprint density at radius 2 is 1.19 bits per heavy atom. The summed E-state index contributed by atoms with van der Waals surface area (Å²) in [6.07, 6.45) is 16.7. The topological polar surface area (TPSA) is 37.3 Å². The molecule has 0 radical (unpaired) electrons. The van der Waals surface area contributed by atoms with Gasteiger partial charge in [0.2, 0.25) is 0 Å². The fourth-order valence-corrected chi connectivity index (χ4v) is 3.34.